The van der Waals surface area contributed by atoms with Gasteiger partial charge >= 0.3 is 6.18 Å². The van der Waals surface area contributed by atoms with E-state index in [1.165, 1.54) is 0 Å². The van der Waals surface area contributed by atoms with E-state index in [-0.39, 0.29) is 5.56 Å². The molecule has 0 heterocycles. The fourth-order valence-corrected chi connectivity index (χ4v) is 1.01. The molecule has 1 aromatic carbocycles. The maximum atomic E-state index is 12.6. The minimum atomic E-state index is -4.65. The molecule has 2 radical (unpaired) electrons. The van der Waals surface area contributed by atoms with Crippen LogP contribution in [0.2, 0.25) is 0 Å². The van der Waals surface area contributed by atoms with Gasteiger partial charge in [0.15, 0.2) is 6.10 Å². The van der Waals surface area contributed by atoms with Crippen LogP contribution >= 0.6 is 0 Å². The average Bonchev–Trinajstić information content (AvgIpc) is 2.02. The number of hydrogen-bond acceptors (Lipinski definition) is 1. The number of halogens is 4. The van der Waals surface area contributed by atoms with Gasteiger partial charge in [-0.25, -0.2) is 4.39 Å². The topological polar surface area (TPSA) is 9.23 Å². The minimum Gasteiger partial charge on any atom is -0.355 e. The van der Waals surface area contributed by atoms with Crippen molar-refractivity contribution in [2.75, 3.05) is 0 Å². The second-order valence-corrected chi connectivity index (χ2v) is 2.61. The molecule has 1 atom stereocenters. The van der Waals surface area contributed by atoms with Gasteiger partial charge in [-0.1, -0.05) is 12.1 Å². The summed E-state index contributed by atoms with van der Waals surface area (Å²) in [5, 5.41) is 0. The maximum absolute atomic E-state index is 12.6. The van der Waals surface area contributed by atoms with Gasteiger partial charge in [0.1, 0.15) is 12.9 Å². The highest BCUT2D eigenvalue weighted by molar-refractivity contribution is 5.20. The molecule has 14 heavy (non-hydrogen) atoms. The van der Waals surface area contributed by atoms with Crippen LogP contribution in [0.25, 0.3) is 0 Å². The maximum Gasteiger partial charge on any atom is 0.418 e. The first-order chi connectivity index (χ1) is 6.45. The van der Waals surface area contributed by atoms with E-state index in [0.717, 1.165) is 24.3 Å². The lowest BCUT2D eigenvalue weighted by molar-refractivity contribution is -0.210. The Morgan fingerprint density at radius 2 is 1.93 bits per heavy atom. The van der Waals surface area contributed by atoms with Crippen molar-refractivity contribution in [3.05, 3.63) is 42.8 Å². The number of hydrogen-bond donors (Lipinski definition) is 0. The zero-order valence-electron chi connectivity index (χ0n) is 6.88. The molecule has 1 nitrogen and oxygen atoms in total. The standard InChI is InChI=1S/C9H6F4O/c1-14-8(9(11,12)13)6-3-2-4-7(10)5-6/h1-5,8H. The summed E-state index contributed by atoms with van der Waals surface area (Å²) in [7, 11) is 4.50. The van der Waals surface area contributed by atoms with Crippen molar-refractivity contribution < 1.29 is 22.3 Å². The third kappa shape index (κ3) is 2.45. The Hall–Kier alpha value is -1.10. The SMILES string of the molecule is [CH]OC(c1cccc(F)c1)C(F)(F)F. The van der Waals surface area contributed by atoms with E-state index in [9.17, 15) is 17.6 Å². The summed E-state index contributed by atoms with van der Waals surface area (Å²) in [6.45, 7) is 0. The Morgan fingerprint density at radius 1 is 1.29 bits per heavy atom. The van der Waals surface area contributed by atoms with Gasteiger partial charge in [-0.3, -0.25) is 0 Å². The zero-order chi connectivity index (χ0) is 10.8. The van der Waals surface area contributed by atoms with Crippen LogP contribution in [0.4, 0.5) is 17.6 Å². The zero-order valence-corrected chi connectivity index (χ0v) is 6.88. The normalized spacial score (nSPS) is 14.1. The highest BCUT2D eigenvalue weighted by atomic mass is 19.4. The molecular weight excluding hydrogens is 200 g/mol. The molecule has 0 aliphatic heterocycles. The third-order valence-electron chi connectivity index (χ3n) is 1.58. The Labute approximate surface area is 78.3 Å². The molecule has 0 fully saturated rings. The Bertz CT molecular complexity index is 308. The fraction of sp³-hybridized carbons (Fsp3) is 0.222. The molecular formula is C9H6F4O. The smallest absolute Gasteiger partial charge is 0.355 e. The summed E-state index contributed by atoms with van der Waals surface area (Å²) in [4.78, 5) is 0. The molecule has 0 spiro atoms. The summed E-state index contributed by atoms with van der Waals surface area (Å²) in [5.41, 5.74) is -0.361. The molecule has 0 saturated heterocycles. The second-order valence-electron chi connectivity index (χ2n) is 2.61. The van der Waals surface area contributed by atoms with Gasteiger partial charge in [0, 0.05) is 0 Å². The van der Waals surface area contributed by atoms with E-state index in [1.54, 1.807) is 0 Å². The summed E-state index contributed by atoms with van der Waals surface area (Å²) in [6.07, 6.45) is -6.94. The van der Waals surface area contributed by atoms with Gasteiger partial charge in [-0.05, 0) is 17.7 Å². The van der Waals surface area contributed by atoms with Crippen LogP contribution in [0.1, 0.15) is 11.7 Å². The van der Waals surface area contributed by atoms with Gasteiger partial charge in [0.25, 0.3) is 0 Å². The van der Waals surface area contributed by atoms with E-state index in [0.29, 0.717) is 0 Å². The van der Waals surface area contributed by atoms with E-state index in [1.807, 2.05) is 0 Å². The molecule has 0 N–H and O–H groups in total. The van der Waals surface area contributed by atoms with Gasteiger partial charge < -0.3 is 4.74 Å². The molecule has 0 aliphatic carbocycles. The molecule has 76 valence electrons. The van der Waals surface area contributed by atoms with Crippen molar-refractivity contribution >= 4 is 0 Å². The minimum absolute atomic E-state index is 0.361. The Morgan fingerprint density at radius 3 is 2.36 bits per heavy atom. The van der Waals surface area contributed by atoms with Crippen molar-refractivity contribution in [2.45, 2.75) is 12.3 Å². The molecule has 0 saturated carbocycles. The first-order valence-corrected chi connectivity index (χ1v) is 3.63. The fourth-order valence-electron chi connectivity index (χ4n) is 1.01. The monoisotopic (exact) mass is 206 g/mol. The molecule has 1 aromatic rings. The van der Waals surface area contributed by atoms with Crippen LogP contribution in [-0.2, 0) is 4.74 Å². The van der Waals surface area contributed by atoms with Crippen molar-refractivity contribution in [3.8, 4) is 0 Å². The number of ether oxygens (including phenoxy) is 1. The van der Waals surface area contributed by atoms with Crippen molar-refractivity contribution in [3.63, 3.8) is 0 Å². The predicted molar refractivity (Wildman–Crippen MR) is 40.6 cm³/mol. The molecule has 0 aromatic heterocycles. The highest BCUT2D eigenvalue weighted by Crippen LogP contribution is 2.35. The van der Waals surface area contributed by atoms with Gasteiger partial charge in [0.2, 0.25) is 0 Å². The van der Waals surface area contributed by atoms with E-state index in [2.05, 4.69) is 11.8 Å². The average molecular weight is 206 g/mol. The second kappa shape index (κ2) is 3.96. The van der Waals surface area contributed by atoms with Crippen LogP contribution in [-0.4, -0.2) is 6.18 Å². The van der Waals surface area contributed by atoms with E-state index >= 15 is 0 Å². The molecule has 5 heteroatoms. The summed E-state index contributed by atoms with van der Waals surface area (Å²) >= 11 is 0. The number of alkyl halides is 3. The molecule has 0 amide bonds. The van der Waals surface area contributed by atoms with Crippen molar-refractivity contribution in [1.82, 2.24) is 0 Å². The molecule has 0 aliphatic rings. The third-order valence-corrected chi connectivity index (χ3v) is 1.58. The van der Waals surface area contributed by atoms with Crippen LogP contribution in [0.15, 0.2) is 24.3 Å². The Kier molecular flexibility index (Phi) is 3.10. The Balaban J connectivity index is 3.01. The summed E-state index contributed by atoms with van der Waals surface area (Å²) in [5.74, 6) is -0.770. The lowest BCUT2D eigenvalue weighted by Crippen LogP contribution is -2.21. The quantitative estimate of drug-likeness (QED) is 0.675. The largest absolute Gasteiger partial charge is 0.418 e. The predicted octanol–water partition coefficient (Wildman–Crippen LogP) is 3.11. The van der Waals surface area contributed by atoms with Gasteiger partial charge in [-0.15, -0.1) is 0 Å². The van der Waals surface area contributed by atoms with Crippen LogP contribution in [0.3, 0.4) is 0 Å². The van der Waals surface area contributed by atoms with Crippen LogP contribution < -0.4 is 0 Å². The van der Waals surface area contributed by atoms with E-state index in [4.69, 9.17) is 0 Å². The highest BCUT2D eigenvalue weighted by Gasteiger charge is 2.41. The van der Waals surface area contributed by atoms with Crippen LogP contribution in [0.5, 0.6) is 0 Å². The number of rotatable bonds is 2. The van der Waals surface area contributed by atoms with Gasteiger partial charge in [0.05, 0.1) is 0 Å². The number of benzene rings is 1. The molecule has 0 bridgehead atoms. The van der Waals surface area contributed by atoms with Crippen molar-refractivity contribution in [1.29, 1.82) is 0 Å². The molecule has 1 rings (SSSR count). The lowest BCUT2D eigenvalue weighted by atomic mass is 10.1. The van der Waals surface area contributed by atoms with E-state index < -0.39 is 18.1 Å². The summed E-state index contributed by atoms with van der Waals surface area (Å²) < 4.78 is 53.0. The summed E-state index contributed by atoms with van der Waals surface area (Å²) in [6, 6.07) is 4.01. The van der Waals surface area contributed by atoms with Gasteiger partial charge in [-0.2, -0.15) is 13.2 Å². The van der Waals surface area contributed by atoms with Crippen molar-refractivity contribution in [2.24, 2.45) is 0 Å². The first-order valence-electron chi connectivity index (χ1n) is 3.63. The lowest BCUT2D eigenvalue weighted by Gasteiger charge is -2.18. The molecule has 1 unspecified atom stereocenters. The first kappa shape index (κ1) is 11.0. The van der Waals surface area contributed by atoms with Crippen LogP contribution in [0, 0.1) is 12.9 Å².